The van der Waals surface area contributed by atoms with Crippen LogP contribution in [0.2, 0.25) is 5.02 Å². The zero-order valence-corrected chi connectivity index (χ0v) is 14.8. The molecule has 0 aliphatic heterocycles. The molecule has 0 atom stereocenters. The Morgan fingerprint density at radius 1 is 1.20 bits per heavy atom. The average Bonchev–Trinajstić information content (AvgIpc) is 2.63. The largest absolute Gasteiger partial charge is 0.495 e. The zero-order chi connectivity index (χ0) is 17.6. The highest BCUT2D eigenvalue weighted by molar-refractivity contribution is 6.31. The van der Waals surface area contributed by atoms with Gasteiger partial charge in [0.15, 0.2) is 0 Å². The Balaban J connectivity index is 1.65. The van der Waals surface area contributed by atoms with E-state index in [2.05, 4.69) is 20.6 Å². The molecule has 1 aliphatic rings. The molecule has 25 heavy (non-hydrogen) atoms. The van der Waals surface area contributed by atoms with Crippen LogP contribution in [0, 0.1) is 0 Å². The number of rotatable bonds is 5. The van der Waals surface area contributed by atoms with Crippen LogP contribution in [0.3, 0.4) is 0 Å². The van der Waals surface area contributed by atoms with Gasteiger partial charge in [-0.3, -0.25) is 4.79 Å². The van der Waals surface area contributed by atoms with Crippen molar-refractivity contribution in [3.8, 4) is 5.75 Å². The molecule has 2 aromatic rings. The van der Waals surface area contributed by atoms with Crippen LogP contribution in [0.1, 0.15) is 42.6 Å². The van der Waals surface area contributed by atoms with Gasteiger partial charge >= 0.3 is 0 Å². The summed E-state index contributed by atoms with van der Waals surface area (Å²) in [6.45, 7) is 0. The molecule has 0 unspecified atom stereocenters. The first-order valence-corrected chi connectivity index (χ1v) is 8.77. The molecular formula is C18H21ClN4O2. The van der Waals surface area contributed by atoms with Gasteiger partial charge < -0.3 is 15.4 Å². The number of hydrogen-bond donors (Lipinski definition) is 2. The van der Waals surface area contributed by atoms with Crippen molar-refractivity contribution in [2.75, 3.05) is 12.4 Å². The van der Waals surface area contributed by atoms with Gasteiger partial charge in [0.05, 0.1) is 25.2 Å². The molecule has 132 valence electrons. The van der Waals surface area contributed by atoms with Gasteiger partial charge in [-0.1, -0.05) is 30.9 Å². The highest BCUT2D eigenvalue weighted by Gasteiger charge is 2.17. The van der Waals surface area contributed by atoms with Gasteiger partial charge in [0, 0.05) is 11.1 Å². The van der Waals surface area contributed by atoms with Crippen LogP contribution in [-0.2, 0) is 0 Å². The number of hydrogen-bond acceptors (Lipinski definition) is 5. The summed E-state index contributed by atoms with van der Waals surface area (Å²) in [5, 5.41) is 6.71. The molecule has 6 nitrogen and oxygen atoms in total. The molecule has 1 heterocycles. The molecule has 1 aromatic heterocycles. The van der Waals surface area contributed by atoms with Crippen LogP contribution < -0.4 is 15.4 Å². The predicted octanol–water partition coefficient (Wildman–Crippen LogP) is 3.94. The maximum Gasteiger partial charge on any atom is 0.271 e. The van der Waals surface area contributed by atoms with E-state index in [1.54, 1.807) is 25.3 Å². The van der Waals surface area contributed by atoms with Crippen LogP contribution in [0.5, 0.6) is 5.75 Å². The number of benzene rings is 1. The van der Waals surface area contributed by atoms with E-state index in [4.69, 9.17) is 16.3 Å². The monoisotopic (exact) mass is 360 g/mol. The standard InChI is InChI=1S/C18H21ClN4O2/c1-25-16-8-7-12(19)9-14(16)23-17-11-20-15(10-21-17)18(24)22-13-5-3-2-4-6-13/h7-11,13H,2-6H2,1H3,(H,21,23)(H,22,24). The Kier molecular flexibility index (Phi) is 5.71. The molecule has 0 bridgehead atoms. The van der Waals surface area contributed by atoms with Crippen LogP contribution in [-0.4, -0.2) is 29.0 Å². The highest BCUT2D eigenvalue weighted by atomic mass is 35.5. The first-order valence-electron chi connectivity index (χ1n) is 8.39. The van der Waals surface area contributed by atoms with E-state index < -0.39 is 0 Å². The summed E-state index contributed by atoms with van der Waals surface area (Å²) in [4.78, 5) is 20.7. The second kappa shape index (κ2) is 8.16. The maximum atomic E-state index is 12.3. The fourth-order valence-electron chi connectivity index (χ4n) is 2.93. The minimum atomic E-state index is -0.175. The Morgan fingerprint density at radius 3 is 2.68 bits per heavy atom. The lowest BCUT2D eigenvalue weighted by Crippen LogP contribution is -2.36. The number of amides is 1. The van der Waals surface area contributed by atoms with Gasteiger partial charge in [0.25, 0.3) is 5.91 Å². The third kappa shape index (κ3) is 4.60. The van der Waals surface area contributed by atoms with Crippen molar-refractivity contribution in [3.63, 3.8) is 0 Å². The Morgan fingerprint density at radius 2 is 2.00 bits per heavy atom. The van der Waals surface area contributed by atoms with Crippen LogP contribution in [0.15, 0.2) is 30.6 Å². The first kappa shape index (κ1) is 17.5. The molecule has 7 heteroatoms. The van der Waals surface area contributed by atoms with Crippen molar-refractivity contribution in [2.45, 2.75) is 38.1 Å². The lowest BCUT2D eigenvalue weighted by molar-refractivity contribution is 0.0922. The minimum absolute atomic E-state index is 0.175. The van der Waals surface area contributed by atoms with E-state index in [1.165, 1.54) is 31.7 Å². The van der Waals surface area contributed by atoms with E-state index in [9.17, 15) is 4.79 Å². The first-order chi connectivity index (χ1) is 12.2. The number of halogens is 1. The van der Waals surface area contributed by atoms with Crippen molar-refractivity contribution in [2.24, 2.45) is 0 Å². The molecule has 0 radical (unpaired) electrons. The van der Waals surface area contributed by atoms with Crippen molar-refractivity contribution in [1.82, 2.24) is 15.3 Å². The highest BCUT2D eigenvalue weighted by Crippen LogP contribution is 2.29. The van der Waals surface area contributed by atoms with Crippen LogP contribution in [0.25, 0.3) is 0 Å². The zero-order valence-electron chi connectivity index (χ0n) is 14.1. The third-order valence-corrected chi connectivity index (χ3v) is 4.48. The normalized spacial score (nSPS) is 14.8. The summed E-state index contributed by atoms with van der Waals surface area (Å²) in [6, 6.07) is 5.50. The van der Waals surface area contributed by atoms with Crippen LogP contribution >= 0.6 is 11.6 Å². The van der Waals surface area contributed by atoms with E-state index in [1.807, 2.05) is 0 Å². The van der Waals surface area contributed by atoms with Gasteiger partial charge in [-0.25, -0.2) is 9.97 Å². The van der Waals surface area contributed by atoms with E-state index in [0.717, 1.165) is 12.8 Å². The summed E-state index contributed by atoms with van der Waals surface area (Å²) in [5.74, 6) is 0.978. The van der Waals surface area contributed by atoms with Gasteiger partial charge in [0.2, 0.25) is 0 Å². The molecule has 3 rings (SSSR count). The van der Waals surface area contributed by atoms with Crippen molar-refractivity contribution in [1.29, 1.82) is 0 Å². The van der Waals surface area contributed by atoms with Crippen LogP contribution in [0.4, 0.5) is 11.5 Å². The molecule has 1 aliphatic carbocycles. The number of carbonyl (C=O) groups is 1. The molecule has 1 aromatic carbocycles. The van der Waals surface area contributed by atoms with E-state index >= 15 is 0 Å². The Hall–Kier alpha value is -2.34. The second-order valence-corrected chi connectivity index (χ2v) is 6.50. The molecule has 0 spiro atoms. The lowest BCUT2D eigenvalue weighted by Gasteiger charge is -2.22. The topological polar surface area (TPSA) is 76.1 Å². The Labute approximate surface area is 152 Å². The lowest BCUT2D eigenvalue weighted by atomic mass is 9.95. The molecule has 1 saturated carbocycles. The number of carbonyl (C=O) groups excluding carboxylic acids is 1. The SMILES string of the molecule is COc1ccc(Cl)cc1Nc1cnc(C(=O)NC2CCCCC2)cn1. The fraction of sp³-hybridized carbons (Fsp3) is 0.389. The summed E-state index contributed by atoms with van der Waals surface area (Å²) in [5.41, 5.74) is 0.998. The summed E-state index contributed by atoms with van der Waals surface area (Å²) in [6.07, 6.45) is 8.65. The molecule has 2 N–H and O–H groups in total. The summed E-state index contributed by atoms with van der Waals surface area (Å²) >= 11 is 6.01. The fourth-order valence-corrected chi connectivity index (χ4v) is 3.10. The molecule has 1 amide bonds. The van der Waals surface area contributed by atoms with E-state index in [-0.39, 0.29) is 11.9 Å². The van der Waals surface area contributed by atoms with Gasteiger partial charge in [-0.15, -0.1) is 0 Å². The van der Waals surface area contributed by atoms with Gasteiger partial charge in [-0.2, -0.15) is 0 Å². The number of anilines is 2. The average molecular weight is 361 g/mol. The smallest absolute Gasteiger partial charge is 0.271 e. The maximum absolute atomic E-state index is 12.3. The second-order valence-electron chi connectivity index (χ2n) is 6.06. The number of methoxy groups -OCH3 is 1. The van der Waals surface area contributed by atoms with Crippen molar-refractivity contribution in [3.05, 3.63) is 41.3 Å². The summed E-state index contributed by atoms with van der Waals surface area (Å²) in [7, 11) is 1.58. The number of nitrogens with zero attached hydrogens (tertiary/aromatic N) is 2. The number of aromatic nitrogens is 2. The van der Waals surface area contributed by atoms with Crippen molar-refractivity contribution < 1.29 is 9.53 Å². The predicted molar refractivity (Wildman–Crippen MR) is 97.7 cm³/mol. The molecule has 0 saturated heterocycles. The van der Waals surface area contributed by atoms with Gasteiger partial charge in [0.1, 0.15) is 17.3 Å². The molecular weight excluding hydrogens is 340 g/mol. The quantitative estimate of drug-likeness (QED) is 0.844. The minimum Gasteiger partial charge on any atom is -0.495 e. The molecule has 1 fully saturated rings. The van der Waals surface area contributed by atoms with Gasteiger partial charge in [-0.05, 0) is 31.0 Å². The van der Waals surface area contributed by atoms with Crippen molar-refractivity contribution >= 4 is 29.0 Å². The third-order valence-electron chi connectivity index (χ3n) is 4.25. The van der Waals surface area contributed by atoms with E-state index in [0.29, 0.717) is 28.0 Å². The number of ether oxygens (including phenoxy) is 1. The summed E-state index contributed by atoms with van der Waals surface area (Å²) < 4.78 is 5.29. The number of nitrogens with one attached hydrogen (secondary N) is 2. The Bertz CT molecular complexity index is 730.